The lowest BCUT2D eigenvalue weighted by Crippen LogP contribution is -2.26. The van der Waals surface area contributed by atoms with Crippen LogP contribution in [0.3, 0.4) is 0 Å². The van der Waals surface area contributed by atoms with Crippen molar-refractivity contribution in [2.24, 2.45) is 0 Å². The number of hydrogen-bond donors (Lipinski definition) is 1. The van der Waals surface area contributed by atoms with Crippen LogP contribution in [-0.4, -0.2) is 29.1 Å². The first-order chi connectivity index (χ1) is 8.31. The van der Waals surface area contributed by atoms with Crippen molar-refractivity contribution in [3.63, 3.8) is 0 Å². The van der Waals surface area contributed by atoms with Crippen molar-refractivity contribution in [3.8, 4) is 0 Å². The van der Waals surface area contributed by atoms with Gasteiger partial charge in [-0.05, 0) is 26.0 Å². The van der Waals surface area contributed by atoms with Crippen LogP contribution in [0.15, 0.2) is 12.1 Å². The Morgan fingerprint density at radius 1 is 1.33 bits per heavy atom. The van der Waals surface area contributed by atoms with Crippen molar-refractivity contribution >= 4 is 11.8 Å². The Morgan fingerprint density at radius 3 is 2.28 bits per heavy atom. The molecule has 0 aromatic carbocycles. The highest BCUT2D eigenvalue weighted by molar-refractivity contribution is 5.93. The van der Waals surface area contributed by atoms with Crippen molar-refractivity contribution in [2.75, 3.05) is 18.0 Å². The maximum absolute atomic E-state index is 12.5. The number of aromatic carboxylic acids is 1. The van der Waals surface area contributed by atoms with Gasteiger partial charge in [-0.25, -0.2) is 9.78 Å². The van der Waals surface area contributed by atoms with Crippen LogP contribution in [0.4, 0.5) is 19.0 Å². The van der Waals surface area contributed by atoms with Crippen molar-refractivity contribution in [3.05, 3.63) is 23.4 Å². The van der Waals surface area contributed by atoms with Gasteiger partial charge in [0.2, 0.25) is 0 Å². The molecule has 1 heterocycles. The molecule has 0 saturated carbocycles. The van der Waals surface area contributed by atoms with E-state index in [4.69, 9.17) is 5.11 Å². The molecule has 4 nitrogen and oxygen atoms in total. The van der Waals surface area contributed by atoms with Crippen LogP contribution < -0.4 is 4.90 Å². The third-order valence-corrected chi connectivity index (χ3v) is 2.46. The highest BCUT2D eigenvalue weighted by Gasteiger charge is 2.34. The van der Waals surface area contributed by atoms with Crippen LogP contribution in [0.1, 0.15) is 29.9 Å². The zero-order valence-corrected chi connectivity index (χ0v) is 9.95. The number of hydrogen-bond acceptors (Lipinski definition) is 3. The summed E-state index contributed by atoms with van der Waals surface area (Å²) >= 11 is 0. The number of pyridine rings is 1. The van der Waals surface area contributed by atoms with Gasteiger partial charge in [0.15, 0.2) is 0 Å². The summed E-state index contributed by atoms with van der Waals surface area (Å²) in [6, 6.07) is 1.61. The summed E-state index contributed by atoms with van der Waals surface area (Å²) < 4.78 is 37.6. The van der Waals surface area contributed by atoms with Crippen LogP contribution in [0.2, 0.25) is 0 Å². The number of anilines is 1. The van der Waals surface area contributed by atoms with Gasteiger partial charge < -0.3 is 10.0 Å². The van der Waals surface area contributed by atoms with E-state index in [1.807, 2.05) is 0 Å². The van der Waals surface area contributed by atoms with Gasteiger partial charge in [0.05, 0.1) is 0 Å². The molecule has 0 spiro atoms. The van der Waals surface area contributed by atoms with Gasteiger partial charge in [-0.15, -0.1) is 0 Å². The Bertz CT molecular complexity index is 442. The molecule has 0 aliphatic rings. The predicted molar refractivity (Wildman–Crippen MR) is 59.8 cm³/mol. The fourth-order valence-corrected chi connectivity index (χ4v) is 1.54. The molecule has 7 heteroatoms. The van der Waals surface area contributed by atoms with Gasteiger partial charge in [-0.2, -0.15) is 13.2 Å². The van der Waals surface area contributed by atoms with Crippen LogP contribution in [0, 0.1) is 0 Å². The molecule has 0 radical (unpaired) electrons. The van der Waals surface area contributed by atoms with Crippen LogP contribution in [0.5, 0.6) is 0 Å². The highest BCUT2D eigenvalue weighted by Crippen LogP contribution is 2.30. The number of carbonyl (C=O) groups is 1. The number of alkyl halides is 3. The molecule has 18 heavy (non-hydrogen) atoms. The van der Waals surface area contributed by atoms with E-state index in [1.165, 1.54) is 4.90 Å². The van der Waals surface area contributed by atoms with Crippen molar-refractivity contribution < 1.29 is 23.1 Å². The van der Waals surface area contributed by atoms with E-state index < -0.39 is 17.8 Å². The fraction of sp³-hybridized carbons (Fsp3) is 0.455. The van der Waals surface area contributed by atoms with E-state index >= 15 is 0 Å². The average Bonchev–Trinajstić information content (AvgIpc) is 2.29. The molecule has 0 saturated heterocycles. The molecule has 0 aliphatic carbocycles. The molecule has 1 aromatic rings. The summed E-state index contributed by atoms with van der Waals surface area (Å²) in [7, 11) is 0. The minimum absolute atomic E-state index is 0.151. The highest BCUT2D eigenvalue weighted by atomic mass is 19.4. The monoisotopic (exact) mass is 262 g/mol. The van der Waals surface area contributed by atoms with Gasteiger partial charge in [-0.1, -0.05) is 0 Å². The van der Waals surface area contributed by atoms with Gasteiger partial charge >= 0.3 is 12.1 Å². The van der Waals surface area contributed by atoms with Crippen molar-refractivity contribution in [2.45, 2.75) is 20.0 Å². The molecule has 100 valence electrons. The first-order valence-corrected chi connectivity index (χ1v) is 5.37. The van der Waals surface area contributed by atoms with Crippen molar-refractivity contribution in [1.29, 1.82) is 0 Å². The summed E-state index contributed by atoms with van der Waals surface area (Å²) in [6.45, 7) is 4.20. The van der Waals surface area contributed by atoms with Crippen LogP contribution in [0.25, 0.3) is 0 Å². The lowest BCUT2D eigenvalue weighted by molar-refractivity contribution is -0.141. The number of rotatable bonds is 4. The number of halogens is 3. The van der Waals surface area contributed by atoms with Gasteiger partial charge in [-0.3, -0.25) is 0 Å². The summed E-state index contributed by atoms with van der Waals surface area (Å²) in [6.07, 6.45) is -4.58. The molecule has 0 atom stereocenters. The molecule has 0 bridgehead atoms. The first kappa shape index (κ1) is 14.3. The van der Waals surface area contributed by atoms with E-state index in [-0.39, 0.29) is 11.4 Å². The molecule has 1 rings (SSSR count). The number of carboxylic acids is 1. The molecular formula is C11H13F3N2O2. The molecule has 0 amide bonds. The Morgan fingerprint density at radius 2 is 1.89 bits per heavy atom. The largest absolute Gasteiger partial charge is 0.478 e. The standard InChI is InChI=1S/C11H13F3N2O2/c1-3-16(4-2)9-7(10(17)18)5-6-8(15-9)11(12,13)14/h5-6H,3-4H2,1-2H3,(H,17,18). The Hall–Kier alpha value is -1.79. The molecule has 1 aromatic heterocycles. The maximum Gasteiger partial charge on any atom is 0.433 e. The van der Waals surface area contributed by atoms with Crippen molar-refractivity contribution in [1.82, 2.24) is 4.98 Å². The molecule has 0 fully saturated rings. The molecular weight excluding hydrogens is 249 g/mol. The Kier molecular flexibility index (Phi) is 4.15. The second-order valence-corrected chi connectivity index (χ2v) is 3.54. The van der Waals surface area contributed by atoms with E-state index in [2.05, 4.69) is 4.98 Å². The summed E-state index contributed by atoms with van der Waals surface area (Å²) in [4.78, 5) is 15.9. The normalized spacial score (nSPS) is 11.4. The average molecular weight is 262 g/mol. The van der Waals surface area contributed by atoms with E-state index in [0.29, 0.717) is 19.2 Å². The van der Waals surface area contributed by atoms with Crippen LogP contribution >= 0.6 is 0 Å². The topological polar surface area (TPSA) is 53.4 Å². The smallest absolute Gasteiger partial charge is 0.433 e. The lowest BCUT2D eigenvalue weighted by atomic mass is 10.2. The first-order valence-electron chi connectivity index (χ1n) is 5.37. The number of nitrogens with zero attached hydrogens (tertiary/aromatic N) is 2. The minimum atomic E-state index is -4.58. The third-order valence-electron chi connectivity index (χ3n) is 2.46. The minimum Gasteiger partial charge on any atom is -0.478 e. The van der Waals surface area contributed by atoms with E-state index in [1.54, 1.807) is 13.8 Å². The molecule has 1 N–H and O–H groups in total. The second kappa shape index (κ2) is 5.24. The predicted octanol–water partition coefficient (Wildman–Crippen LogP) is 2.64. The summed E-state index contributed by atoms with van der Waals surface area (Å²) in [5, 5.41) is 8.95. The fourth-order valence-electron chi connectivity index (χ4n) is 1.54. The van der Waals surface area contributed by atoms with E-state index in [0.717, 1.165) is 6.07 Å². The third kappa shape index (κ3) is 2.91. The second-order valence-electron chi connectivity index (χ2n) is 3.54. The van der Waals surface area contributed by atoms with Gasteiger partial charge in [0, 0.05) is 13.1 Å². The van der Waals surface area contributed by atoms with Gasteiger partial charge in [0.25, 0.3) is 0 Å². The zero-order chi connectivity index (χ0) is 13.9. The molecule has 0 aliphatic heterocycles. The zero-order valence-electron chi connectivity index (χ0n) is 9.95. The number of carboxylic acid groups (broad SMARTS) is 1. The maximum atomic E-state index is 12.5. The van der Waals surface area contributed by atoms with Gasteiger partial charge in [0.1, 0.15) is 17.1 Å². The summed E-state index contributed by atoms with van der Waals surface area (Å²) in [5.41, 5.74) is -1.32. The SMILES string of the molecule is CCN(CC)c1nc(C(F)(F)F)ccc1C(=O)O. The number of aromatic nitrogens is 1. The Balaban J connectivity index is 3.37. The quantitative estimate of drug-likeness (QED) is 0.906. The summed E-state index contributed by atoms with van der Waals surface area (Å²) in [5.74, 6) is -1.44. The Labute approximate surface area is 102 Å². The van der Waals surface area contributed by atoms with E-state index in [9.17, 15) is 18.0 Å². The lowest BCUT2D eigenvalue weighted by Gasteiger charge is -2.22. The molecule has 0 unspecified atom stereocenters. The van der Waals surface area contributed by atoms with Crippen LogP contribution in [-0.2, 0) is 6.18 Å².